The van der Waals surface area contributed by atoms with Crippen LogP contribution in [0.3, 0.4) is 0 Å². The van der Waals surface area contributed by atoms with E-state index in [1.165, 1.54) is 6.26 Å². The number of halogens is 1. The molecule has 0 bridgehead atoms. The fourth-order valence-electron chi connectivity index (χ4n) is 1.79. The van der Waals surface area contributed by atoms with Crippen LogP contribution in [0.15, 0.2) is 27.8 Å². The van der Waals surface area contributed by atoms with E-state index in [2.05, 4.69) is 25.9 Å². The van der Waals surface area contributed by atoms with Crippen LogP contribution in [0.2, 0.25) is 0 Å². The van der Waals surface area contributed by atoms with Crippen LogP contribution < -0.4 is 11.1 Å². The Balaban J connectivity index is 2.54. The van der Waals surface area contributed by atoms with Crippen molar-refractivity contribution in [2.24, 2.45) is 0 Å². The number of sulfone groups is 1. The minimum atomic E-state index is -3.19. The van der Waals surface area contributed by atoms with E-state index in [0.29, 0.717) is 16.6 Å². The Morgan fingerprint density at radius 3 is 2.20 bits per heavy atom. The molecule has 108 valence electrons. The van der Waals surface area contributed by atoms with Gasteiger partial charge >= 0.3 is 11.1 Å². The molecule has 6 nitrogen and oxygen atoms in total. The summed E-state index contributed by atoms with van der Waals surface area (Å²) in [6.07, 6.45) is 1.17. The van der Waals surface area contributed by atoms with Gasteiger partial charge in [-0.05, 0) is 24.6 Å². The van der Waals surface area contributed by atoms with E-state index in [1.54, 1.807) is 25.1 Å². The van der Waals surface area contributed by atoms with Crippen molar-refractivity contribution in [1.82, 2.24) is 9.97 Å². The highest BCUT2D eigenvalue weighted by atomic mass is 79.9. The third-order valence-electron chi connectivity index (χ3n) is 3.15. The molecule has 0 saturated heterocycles. The molecule has 2 atom stereocenters. The summed E-state index contributed by atoms with van der Waals surface area (Å²) in [4.78, 5) is 27.0. The van der Waals surface area contributed by atoms with Crippen LogP contribution in [0.25, 0.3) is 11.0 Å². The molecule has 2 unspecified atom stereocenters. The molecule has 0 radical (unpaired) electrons. The van der Waals surface area contributed by atoms with Gasteiger partial charge in [0.15, 0.2) is 9.84 Å². The highest BCUT2D eigenvalue weighted by Gasteiger charge is 2.25. The zero-order chi connectivity index (χ0) is 15.1. The second-order valence-electron chi connectivity index (χ2n) is 4.65. The first kappa shape index (κ1) is 15.0. The van der Waals surface area contributed by atoms with Crippen molar-refractivity contribution in [3.8, 4) is 0 Å². The fraction of sp³-hybridized carbons (Fsp3) is 0.333. The second-order valence-corrected chi connectivity index (χ2v) is 8.04. The standard InChI is InChI=1S/C12H13BrN2O4S/c1-6(20(2,18)19)10(13)7-3-4-8-9(5-7)15-12(17)11(16)14-8/h3-6,10H,1-2H3,(H,14,16)(H,15,17). The van der Waals surface area contributed by atoms with Gasteiger partial charge in [-0.1, -0.05) is 22.0 Å². The molecular formula is C12H13BrN2O4S. The Morgan fingerprint density at radius 1 is 1.10 bits per heavy atom. The number of aromatic amines is 2. The van der Waals surface area contributed by atoms with E-state index in [0.717, 1.165) is 0 Å². The molecule has 0 aliphatic carbocycles. The van der Waals surface area contributed by atoms with Gasteiger partial charge in [0.2, 0.25) is 0 Å². The lowest BCUT2D eigenvalue weighted by molar-refractivity contribution is 0.588. The number of hydrogen-bond donors (Lipinski definition) is 2. The molecule has 8 heteroatoms. The number of nitrogens with one attached hydrogen (secondary N) is 2. The van der Waals surface area contributed by atoms with E-state index in [-0.39, 0.29) is 0 Å². The average molecular weight is 361 g/mol. The largest absolute Gasteiger partial charge is 0.316 e. The quantitative estimate of drug-likeness (QED) is 0.631. The number of benzene rings is 1. The summed E-state index contributed by atoms with van der Waals surface area (Å²) >= 11 is 3.36. The van der Waals surface area contributed by atoms with Gasteiger partial charge in [-0.15, -0.1) is 0 Å². The summed E-state index contributed by atoms with van der Waals surface area (Å²) in [5, 5.41) is -0.616. The van der Waals surface area contributed by atoms with Gasteiger partial charge in [-0.3, -0.25) is 9.59 Å². The zero-order valence-corrected chi connectivity index (χ0v) is 13.2. The molecule has 0 amide bonds. The number of alkyl halides is 1. The molecule has 0 aliphatic rings. The SMILES string of the molecule is CC(C(Br)c1ccc2[nH]c(=O)c(=O)[nH]c2c1)S(C)(=O)=O. The van der Waals surface area contributed by atoms with E-state index in [1.807, 2.05) is 0 Å². The molecule has 0 saturated carbocycles. The van der Waals surface area contributed by atoms with Crippen LogP contribution >= 0.6 is 15.9 Å². The fourth-order valence-corrected chi connectivity index (χ4v) is 3.84. The average Bonchev–Trinajstić information content (AvgIpc) is 2.37. The molecule has 1 heterocycles. The van der Waals surface area contributed by atoms with Crippen molar-refractivity contribution in [3.05, 3.63) is 44.5 Å². The Hall–Kier alpha value is -1.41. The number of rotatable bonds is 3. The minimum Gasteiger partial charge on any atom is -0.316 e. The van der Waals surface area contributed by atoms with Crippen LogP contribution in [0, 0.1) is 0 Å². The maximum absolute atomic E-state index is 11.6. The lowest BCUT2D eigenvalue weighted by Crippen LogP contribution is -2.29. The molecule has 0 fully saturated rings. The van der Waals surface area contributed by atoms with Crippen LogP contribution in [0.4, 0.5) is 0 Å². The summed E-state index contributed by atoms with van der Waals surface area (Å²) in [7, 11) is -3.19. The highest BCUT2D eigenvalue weighted by molar-refractivity contribution is 9.09. The zero-order valence-electron chi connectivity index (χ0n) is 10.8. The molecule has 2 rings (SSSR count). The van der Waals surface area contributed by atoms with Crippen molar-refractivity contribution in [1.29, 1.82) is 0 Å². The van der Waals surface area contributed by atoms with E-state index in [4.69, 9.17) is 0 Å². The van der Waals surface area contributed by atoms with Gasteiger partial charge in [0.25, 0.3) is 0 Å². The van der Waals surface area contributed by atoms with Gasteiger partial charge in [0.05, 0.1) is 21.1 Å². The first-order valence-electron chi connectivity index (χ1n) is 5.79. The van der Waals surface area contributed by atoms with E-state index >= 15 is 0 Å². The van der Waals surface area contributed by atoms with Gasteiger partial charge in [0, 0.05) is 6.26 Å². The van der Waals surface area contributed by atoms with Gasteiger partial charge in [-0.2, -0.15) is 0 Å². The second kappa shape index (κ2) is 5.17. The molecule has 0 aliphatic heterocycles. The number of hydrogen-bond acceptors (Lipinski definition) is 4. The van der Waals surface area contributed by atoms with Gasteiger partial charge in [-0.25, -0.2) is 8.42 Å². The van der Waals surface area contributed by atoms with Crippen molar-refractivity contribution >= 4 is 36.8 Å². The molecule has 20 heavy (non-hydrogen) atoms. The maximum atomic E-state index is 11.6. The molecule has 1 aromatic carbocycles. The highest BCUT2D eigenvalue weighted by Crippen LogP contribution is 2.31. The van der Waals surface area contributed by atoms with Crippen LogP contribution in [-0.2, 0) is 9.84 Å². The van der Waals surface area contributed by atoms with Crippen molar-refractivity contribution in [3.63, 3.8) is 0 Å². The minimum absolute atomic E-state index is 0.405. The maximum Gasteiger partial charge on any atom is 0.314 e. The monoisotopic (exact) mass is 360 g/mol. The number of H-pyrrole nitrogens is 2. The van der Waals surface area contributed by atoms with Crippen molar-refractivity contribution < 1.29 is 8.42 Å². The molecule has 2 N–H and O–H groups in total. The van der Waals surface area contributed by atoms with E-state index < -0.39 is 31.0 Å². The van der Waals surface area contributed by atoms with Crippen molar-refractivity contribution in [2.75, 3.05) is 6.26 Å². The Bertz CT molecular complexity index is 869. The van der Waals surface area contributed by atoms with Crippen LogP contribution in [-0.4, -0.2) is 29.9 Å². The number of fused-ring (bicyclic) bond motifs is 1. The van der Waals surface area contributed by atoms with E-state index in [9.17, 15) is 18.0 Å². The lowest BCUT2D eigenvalue weighted by atomic mass is 10.1. The topological polar surface area (TPSA) is 99.9 Å². The molecule has 1 aromatic heterocycles. The predicted molar refractivity (Wildman–Crippen MR) is 81.2 cm³/mol. The summed E-state index contributed by atoms with van der Waals surface area (Å²) in [5.41, 5.74) is 0.197. The molecular weight excluding hydrogens is 348 g/mol. The first-order valence-corrected chi connectivity index (χ1v) is 8.66. The number of aromatic nitrogens is 2. The normalized spacial score (nSPS) is 15.2. The van der Waals surface area contributed by atoms with Crippen LogP contribution in [0.5, 0.6) is 0 Å². The lowest BCUT2D eigenvalue weighted by Gasteiger charge is -2.17. The van der Waals surface area contributed by atoms with Crippen molar-refractivity contribution in [2.45, 2.75) is 17.0 Å². The Labute approximate surface area is 123 Å². The summed E-state index contributed by atoms with van der Waals surface area (Å²) < 4.78 is 23.1. The van der Waals surface area contributed by atoms with Gasteiger partial charge in [0.1, 0.15) is 0 Å². The smallest absolute Gasteiger partial charge is 0.314 e. The van der Waals surface area contributed by atoms with Crippen LogP contribution in [0.1, 0.15) is 17.3 Å². The summed E-state index contributed by atoms with van der Waals surface area (Å²) in [6, 6.07) is 4.98. The summed E-state index contributed by atoms with van der Waals surface area (Å²) in [6.45, 7) is 1.61. The Kier molecular flexibility index (Phi) is 3.88. The predicted octanol–water partition coefficient (Wildman–Crippen LogP) is 1.09. The van der Waals surface area contributed by atoms with Gasteiger partial charge < -0.3 is 9.97 Å². The third kappa shape index (κ3) is 2.85. The Morgan fingerprint density at radius 2 is 1.65 bits per heavy atom. The third-order valence-corrected chi connectivity index (χ3v) is 6.45. The molecule has 0 spiro atoms. The molecule has 2 aromatic rings. The summed E-state index contributed by atoms with van der Waals surface area (Å²) in [5.74, 6) is 0. The first-order chi connectivity index (χ1) is 9.20.